The number of aryl methyl sites for hydroxylation is 1. The zero-order chi connectivity index (χ0) is 18.5. The first-order valence-corrected chi connectivity index (χ1v) is 8.49. The Hall–Kier alpha value is -3.08. The molecule has 0 radical (unpaired) electrons. The van der Waals surface area contributed by atoms with Gasteiger partial charge in [-0.1, -0.05) is 30.3 Å². The van der Waals surface area contributed by atoms with Crippen LogP contribution in [0.4, 0.5) is 0 Å². The molecule has 3 aromatic rings. The van der Waals surface area contributed by atoms with Gasteiger partial charge in [0.15, 0.2) is 6.61 Å². The molecular weight excluding hydrogens is 328 g/mol. The molecule has 3 rings (SSSR count). The Morgan fingerprint density at radius 1 is 1.15 bits per heavy atom. The molecular formula is C21H22N2O3. The summed E-state index contributed by atoms with van der Waals surface area (Å²) in [5.74, 6) is 0.966. The Balaban J connectivity index is 1.66. The van der Waals surface area contributed by atoms with Crippen LogP contribution < -0.4 is 14.8 Å². The van der Waals surface area contributed by atoms with Crippen molar-refractivity contribution in [1.29, 1.82) is 0 Å². The maximum Gasteiger partial charge on any atom is 0.258 e. The van der Waals surface area contributed by atoms with E-state index in [1.165, 1.54) is 0 Å². The van der Waals surface area contributed by atoms with E-state index in [0.717, 1.165) is 27.8 Å². The van der Waals surface area contributed by atoms with Gasteiger partial charge in [-0.15, -0.1) is 0 Å². The molecule has 0 aliphatic heterocycles. The van der Waals surface area contributed by atoms with Crippen molar-refractivity contribution in [2.75, 3.05) is 13.7 Å². The predicted octanol–water partition coefficient (Wildman–Crippen LogP) is 3.81. The van der Waals surface area contributed by atoms with Crippen molar-refractivity contribution in [3.63, 3.8) is 0 Å². The highest BCUT2D eigenvalue weighted by Gasteiger charge is 2.11. The molecule has 1 atom stereocenters. The highest BCUT2D eigenvalue weighted by Crippen LogP contribution is 2.25. The van der Waals surface area contributed by atoms with E-state index in [9.17, 15) is 4.79 Å². The topological polar surface area (TPSA) is 60.5 Å². The molecule has 0 aliphatic rings. The van der Waals surface area contributed by atoms with Crippen molar-refractivity contribution in [3.8, 4) is 11.6 Å². The first-order valence-electron chi connectivity index (χ1n) is 8.49. The molecule has 1 heterocycles. The fourth-order valence-electron chi connectivity index (χ4n) is 2.80. The van der Waals surface area contributed by atoms with Gasteiger partial charge >= 0.3 is 0 Å². The number of ether oxygens (including phenoxy) is 2. The summed E-state index contributed by atoms with van der Waals surface area (Å²) in [4.78, 5) is 16.6. The van der Waals surface area contributed by atoms with E-state index in [4.69, 9.17) is 9.47 Å². The van der Waals surface area contributed by atoms with Crippen LogP contribution in [0.5, 0.6) is 11.6 Å². The Morgan fingerprint density at radius 2 is 1.92 bits per heavy atom. The molecule has 0 bridgehead atoms. The van der Waals surface area contributed by atoms with Crippen molar-refractivity contribution in [1.82, 2.24) is 10.3 Å². The Kier molecular flexibility index (Phi) is 5.37. The summed E-state index contributed by atoms with van der Waals surface area (Å²) >= 11 is 0. The molecule has 1 N–H and O–H groups in total. The van der Waals surface area contributed by atoms with E-state index in [1.54, 1.807) is 7.11 Å². The van der Waals surface area contributed by atoms with Gasteiger partial charge in [0.1, 0.15) is 5.75 Å². The number of nitrogens with zero attached hydrogens (tertiary/aromatic N) is 1. The van der Waals surface area contributed by atoms with Crippen LogP contribution in [0, 0.1) is 6.92 Å². The van der Waals surface area contributed by atoms with Crippen LogP contribution in [0.25, 0.3) is 10.9 Å². The maximum absolute atomic E-state index is 12.2. The number of nitrogens with one attached hydrogen (secondary N) is 1. The van der Waals surface area contributed by atoms with Gasteiger partial charge in [0.25, 0.3) is 5.91 Å². The molecule has 1 aromatic heterocycles. The number of rotatable bonds is 6. The van der Waals surface area contributed by atoms with Gasteiger partial charge in [-0.05, 0) is 37.1 Å². The number of aromatic nitrogens is 1. The third kappa shape index (κ3) is 4.11. The highest BCUT2D eigenvalue weighted by molar-refractivity contribution is 5.84. The molecule has 5 nitrogen and oxygen atoms in total. The fourth-order valence-corrected chi connectivity index (χ4v) is 2.80. The average Bonchev–Trinajstić information content (AvgIpc) is 2.66. The van der Waals surface area contributed by atoms with Gasteiger partial charge in [-0.3, -0.25) is 4.79 Å². The third-order valence-corrected chi connectivity index (χ3v) is 4.23. The normalized spacial score (nSPS) is 11.8. The summed E-state index contributed by atoms with van der Waals surface area (Å²) < 4.78 is 10.8. The van der Waals surface area contributed by atoms with E-state index < -0.39 is 0 Å². The lowest BCUT2D eigenvalue weighted by Gasteiger charge is -2.15. The summed E-state index contributed by atoms with van der Waals surface area (Å²) in [7, 11) is 1.62. The van der Waals surface area contributed by atoms with Crippen molar-refractivity contribution < 1.29 is 14.3 Å². The summed E-state index contributed by atoms with van der Waals surface area (Å²) in [5.41, 5.74) is 2.86. The summed E-state index contributed by atoms with van der Waals surface area (Å²) in [6, 6.07) is 17.3. The van der Waals surface area contributed by atoms with Crippen LogP contribution in [-0.2, 0) is 4.79 Å². The van der Waals surface area contributed by atoms with Gasteiger partial charge in [0, 0.05) is 17.5 Å². The van der Waals surface area contributed by atoms with Crippen LogP contribution in [0.15, 0.2) is 54.6 Å². The second-order valence-corrected chi connectivity index (χ2v) is 6.15. The van der Waals surface area contributed by atoms with E-state index in [1.807, 2.05) is 68.4 Å². The monoisotopic (exact) mass is 350 g/mol. The zero-order valence-electron chi connectivity index (χ0n) is 15.2. The zero-order valence-corrected chi connectivity index (χ0v) is 15.2. The Bertz CT molecular complexity index is 910. The molecule has 0 spiro atoms. The summed E-state index contributed by atoms with van der Waals surface area (Å²) in [6.45, 7) is 3.85. The Morgan fingerprint density at radius 3 is 2.65 bits per heavy atom. The number of amides is 1. The third-order valence-electron chi connectivity index (χ3n) is 4.23. The van der Waals surface area contributed by atoms with Crippen molar-refractivity contribution in [2.24, 2.45) is 0 Å². The molecule has 0 saturated heterocycles. The number of hydrogen-bond donors (Lipinski definition) is 1. The average molecular weight is 350 g/mol. The number of benzene rings is 2. The molecule has 0 saturated carbocycles. The molecule has 1 amide bonds. The molecule has 0 unspecified atom stereocenters. The minimum Gasteiger partial charge on any atom is -0.497 e. The lowest BCUT2D eigenvalue weighted by molar-refractivity contribution is -0.123. The Labute approximate surface area is 153 Å². The van der Waals surface area contributed by atoms with Crippen LogP contribution in [0.2, 0.25) is 0 Å². The van der Waals surface area contributed by atoms with E-state index >= 15 is 0 Å². The minimum atomic E-state index is -0.188. The first-order chi connectivity index (χ1) is 12.6. The molecule has 0 fully saturated rings. The standard InChI is InChI=1S/C21H22N2O3/c1-14-11-21(23-19-12-17(25-3)9-10-18(14)19)26-13-20(24)22-15(2)16-7-5-4-6-8-16/h4-12,15H,13H2,1-3H3,(H,22,24)/t15-/m1/s1. The van der Waals surface area contributed by atoms with Crippen LogP contribution in [0.3, 0.4) is 0 Å². The van der Waals surface area contributed by atoms with Gasteiger partial charge in [0.05, 0.1) is 18.7 Å². The summed E-state index contributed by atoms with van der Waals surface area (Å²) in [5, 5.41) is 3.95. The van der Waals surface area contributed by atoms with Gasteiger partial charge in [0.2, 0.25) is 5.88 Å². The number of methoxy groups -OCH3 is 1. The van der Waals surface area contributed by atoms with Gasteiger partial charge in [-0.25, -0.2) is 4.98 Å². The van der Waals surface area contributed by atoms with Gasteiger partial charge < -0.3 is 14.8 Å². The van der Waals surface area contributed by atoms with Crippen LogP contribution in [-0.4, -0.2) is 24.6 Å². The number of fused-ring (bicyclic) bond motifs is 1. The molecule has 0 aliphatic carbocycles. The van der Waals surface area contributed by atoms with E-state index in [2.05, 4.69) is 10.3 Å². The second-order valence-electron chi connectivity index (χ2n) is 6.15. The van der Waals surface area contributed by atoms with Crippen LogP contribution in [0.1, 0.15) is 24.1 Å². The van der Waals surface area contributed by atoms with Crippen molar-refractivity contribution in [2.45, 2.75) is 19.9 Å². The SMILES string of the molecule is COc1ccc2c(C)cc(OCC(=O)N[C@H](C)c3ccccc3)nc2c1. The number of carbonyl (C=O) groups is 1. The lowest BCUT2D eigenvalue weighted by atomic mass is 10.1. The number of hydrogen-bond acceptors (Lipinski definition) is 4. The van der Waals surface area contributed by atoms with Crippen molar-refractivity contribution >= 4 is 16.8 Å². The fraction of sp³-hybridized carbons (Fsp3) is 0.238. The smallest absolute Gasteiger partial charge is 0.258 e. The largest absolute Gasteiger partial charge is 0.497 e. The summed E-state index contributed by atoms with van der Waals surface area (Å²) in [6.07, 6.45) is 0. The highest BCUT2D eigenvalue weighted by atomic mass is 16.5. The van der Waals surface area contributed by atoms with E-state index in [-0.39, 0.29) is 18.6 Å². The predicted molar refractivity (Wildman–Crippen MR) is 102 cm³/mol. The number of carbonyl (C=O) groups excluding carboxylic acids is 1. The molecule has 26 heavy (non-hydrogen) atoms. The lowest BCUT2D eigenvalue weighted by Crippen LogP contribution is -2.31. The second kappa shape index (κ2) is 7.87. The molecule has 134 valence electrons. The quantitative estimate of drug-likeness (QED) is 0.734. The molecule has 5 heteroatoms. The maximum atomic E-state index is 12.2. The van der Waals surface area contributed by atoms with Crippen molar-refractivity contribution in [3.05, 3.63) is 65.7 Å². The minimum absolute atomic E-state index is 0.0807. The number of pyridine rings is 1. The molecule has 2 aromatic carbocycles. The van der Waals surface area contributed by atoms with Gasteiger partial charge in [-0.2, -0.15) is 0 Å². The van der Waals surface area contributed by atoms with Crippen LogP contribution >= 0.6 is 0 Å². The van der Waals surface area contributed by atoms with E-state index in [0.29, 0.717) is 5.88 Å². The first kappa shape index (κ1) is 17.7.